The molecule has 2 nitrogen and oxygen atoms in total. The van der Waals surface area contributed by atoms with Crippen LogP contribution in [0.2, 0.25) is 0 Å². The number of alkyl halides is 1. The molecule has 0 N–H and O–H groups in total. The fourth-order valence-corrected chi connectivity index (χ4v) is 3.36. The highest BCUT2D eigenvalue weighted by atomic mass is 79.9. The molecule has 0 aliphatic heterocycles. The molecule has 3 heteroatoms. The summed E-state index contributed by atoms with van der Waals surface area (Å²) in [6, 6.07) is 9.91. The summed E-state index contributed by atoms with van der Waals surface area (Å²) in [7, 11) is 0. The minimum Gasteiger partial charge on any atom is -0.491 e. The van der Waals surface area contributed by atoms with Crippen LogP contribution in [0.25, 0.3) is 0 Å². The van der Waals surface area contributed by atoms with Gasteiger partial charge in [-0.05, 0) is 25.0 Å². The predicted molar refractivity (Wildman–Crippen MR) is 82.1 cm³/mol. The highest BCUT2D eigenvalue weighted by molar-refractivity contribution is 9.09. The van der Waals surface area contributed by atoms with Crippen LogP contribution in [0.15, 0.2) is 30.3 Å². The van der Waals surface area contributed by atoms with E-state index in [0.717, 1.165) is 17.7 Å². The van der Waals surface area contributed by atoms with Crippen LogP contribution in [-0.2, 0) is 4.74 Å². The summed E-state index contributed by atoms with van der Waals surface area (Å²) in [5.41, 5.74) is 0.366. The lowest BCUT2D eigenvalue weighted by atomic mass is 9.76. The molecule has 0 aromatic heterocycles. The topological polar surface area (TPSA) is 18.5 Å². The minimum atomic E-state index is 0.366. The second-order valence-electron chi connectivity index (χ2n) is 5.41. The van der Waals surface area contributed by atoms with Crippen molar-refractivity contribution in [1.29, 1.82) is 0 Å². The Morgan fingerprint density at radius 2 is 1.74 bits per heavy atom. The molecule has 0 bridgehead atoms. The van der Waals surface area contributed by atoms with Gasteiger partial charge in [0.25, 0.3) is 0 Å². The summed E-state index contributed by atoms with van der Waals surface area (Å²) < 4.78 is 11.5. The van der Waals surface area contributed by atoms with Crippen LogP contribution in [0.5, 0.6) is 5.75 Å². The quantitative estimate of drug-likeness (QED) is 0.545. The maximum Gasteiger partial charge on any atom is 0.119 e. The number of halogens is 1. The Kier molecular flexibility index (Phi) is 6.18. The molecule has 0 radical (unpaired) electrons. The fourth-order valence-electron chi connectivity index (χ4n) is 2.64. The Morgan fingerprint density at radius 1 is 1.00 bits per heavy atom. The van der Waals surface area contributed by atoms with Gasteiger partial charge in [-0.3, -0.25) is 0 Å². The molecule has 19 heavy (non-hydrogen) atoms. The maximum absolute atomic E-state index is 5.83. The van der Waals surface area contributed by atoms with E-state index in [1.54, 1.807) is 0 Å². The Labute approximate surface area is 124 Å². The lowest BCUT2D eigenvalue weighted by Crippen LogP contribution is -2.32. The van der Waals surface area contributed by atoms with Crippen molar-refractivity contribution in [2.75, 3.05) is 25.2 Å². The van der Waals surface area contributed by atoms with Crippen molar-refractivity contribution in [3.63, 3.8) is 0 Å². The maximum atomic E-state index is 5.83. The van der Waals surface area contributed by atoms with E-state index < -0.39 is 0 Å². The highest BCUT2D eigenvalue weighted by Crippen LogP contribution is 2.38. The van der Waals surface area contributed by atoms with Gasteiger partial charge in [-0.25, -0.2) is 0 Å². The average Bonchev–Trinajstić information content (AvgIpc) is 2.49. The molecule has 106 valence electrons. The van der Waals surface area contributed by atoms with Gasteiger partial charge in [0.1, 0.15) is 12.4 Å². The number of rotatable bonds is 7. The van der Waals surface area contributed by atoms with Crippen LogP contribution in [0.3, 0.4) is 0 Å². The van der Waals surface area contributed by atoms with Gasteiger partial charge < -0.3 is 9.47 Å². The Balaban J connectivity index is 1.63. The number of hydrogen-bond donors (Lipinski definition) is 0. The van der Waals surface area contributed by atoms with E-state index in [1.165, 1.54) is 32.1 Å². The molecule has 0 saturated heterocycles. The van der Waals surface area contributed by atoms with Gasteiger partial charge in [0.05, 0.1) is 13.2 Å². The van der Waals surface area contributed by atoms with Crippen LogP contribution in [0.4, 0.5) is 0 Å². The van der Waals surface area contributed by atoms with Gasteiger partial charge in [0, 0.05) is 10.7 Å². The summed E-state index contributed by atoms with van der Waals surface area (Å²) in [6.07, 6.45) is 6.65. The molecule has 1 aliphatic carbocycles. The van der Waals surface area contributed by atoms with Crippen LogP contribution in [-0.4, -0.2) is 25.2 Å². The molecule has 0 spiro atoms. The first-order chi connectivity index (χ1) is 9.35. The molecule has 0 heterocycles. The lowest BCUT2D eigenvalue weighted by Gasteiger charge is -2.35. The van der Waals surface area contributed by atoms with Gasteiger partial charge in [0.15, 0.2) is 0 Å². The van der Waals surface area contributed by atoms with E-state index >= 15 is 0 Å². The van der Waals surface area contributed by atoms with Crippen LogP contribution in [0, 0.1) is 5.41 Å². The van der Waals surface area contributed by atoms with E-state index in [2.05, 4.69) is 15.9 Å². The second-order valence-corrected chi connectivity index (χ2v) is 5.97. The Morgan fingerprint density at radius 3 is 2.42 bits per heavy atom. The molecule has 2 rings (SSSR count). The molecule has 0 amide bonds. The highest BCUT2D eigenvalue weighted by Gasteiger charge is 2.31. The fraction of sp³-hybridized carbons (Fsp3) is 0.625. The molecule has 1 fully saturated rings. The summed E-state index contributed by atoms with van der Waals surface area (Å²) in [4.78, 5) is 0. The van der Waals surface area contributed by atoms with Gasteiger partial charge in [-0.1, -0.05) is 53.4 Å². The van der Waals surface area contributed by atoms with Crippen molar-refractivity contribution in [3.8, 4) is 5.75 Å². The van der Waals surface area contributed by atoms with E-state index in [0.29, 0.717) is 18.6 Å². The Bertz CT molecular complexity index is 347. The van der Waals surface area contributed by atoms with Crippen molar-refractivity contribution < 1.29 is 9.47 Å². The summed E-state index contributed by atoms with van der Waals surface area (Å²) in [6.45, 7) is 2.16. The normalized spacial score (nSPS) is 18.2. The van der Waals surface area contributed by atoms with Gasteiger partial charge in [0.2, 0.25) is 0 Å². The molecule has 0 unspecified atom stereocenters. The predicted octanol–water partition coefficient (Wildman–Crippen LogP) is 4.43. The minimum absolute atomic E-state index is 0.366. The number of para-hydroxylation sites is 1. The molecular formula is C16H23BrO2. The molecular weight excluding hydrogens is 304 g/mol. The largest absolute Gasteiger partial charge is 0.491 e. The van der Waals surface area contributed by atoms with Crippen molar-refractivity contribution in [3.05, 3.63) is 30.3 Å². The smallest absolute Gasteiger partial charge is 0.119 e. The first-order valence-corrected chi connectivity index (χ1v) is 8.28. The first-order valence-electron chi connectivity index (χ1n) is 7.16. The van der Waals surface area contributed by atoms with E-state index in [-0.39, 0.29) is 0 Å². The standard InChI is InChI=1S/C16H23BrO2/c17-13-16(9-5-2-6-10-16)14-18-11-12-19-15-7-3-1-4-8-15/h1,3-4,7-8H,2,5-6,9-14H2. The van der Waals surface area contributed by atoms with Crippen molar-refractivity contribution in [2.45, 2.75) is 32.1 Å². The molecule has 1 aromatic rings. The van der Waals surface area contributed by atoms with Crippen molar-refractivity contribution >= 4 is 15.9 Å². The second kappa shape index (κ2) is 7.91. The number of hydrogen-bond acceptors (Lipinski definition) is 2. The van der Waals surface area contributed by atoms with E-state index in [9.17, 15) is 0 Å². The van der Waals surface area contributed by atoms with Gasteiger partial charge >= 0.3 is 0 Å². The van der Waals surface area contributed by atoms with Crippen LogP contribution in [0.1, 0.15) is 32.1 Å². The zero-order valence-electron chi connectivity index (χ0n) is 11.4. The number of ether oxygens (including phenoxy) is 2. The zero-order valence-corrected chi connectivity index (χ0v) is 13.0. The first kappa shape index (κ1) is 14.9. The van der Waals surface area contributed by atoms with Crippen molar-refractivity contribution in [1.82, 2.24) is 0 Å². The van der Waals surface area contributed by atoms with Crippen molar-refractivity contribution in [2.24, 2.45) is 5.41 Å². The molecule has 0 atom stereocenters. The third-order valence-electron chi connectivity index (χ3n) is 3.85. The summed E-state index contributed by atoms with van der Waals surface area (Å²) in [5, 5.41) is 1.06. The van der Waals surface area contributed by atoms with Crippen LogP contribution < -0.4 is 4.74 Å². The summed E-state index contributed by atoms with van der Waals surface area (Å²) in [5.74, 6) is 0.916. The summed E-state index contributed by atoms with van der Waals surface area (Å²) >= 11 is 3.66. The monoisotopic (exact) mass is 326 g/mol. The molecule has 1 aliphatic rings. The van der Waals surface area contributed by atoms with Gasteiger partial charge in [-0.15, -0.1) is 0 Å². The SMILES string of the molecule is BrCC1(COCCOc2ccccc2)CCCCC1. The average molecular weight is 327 g/mol. The third kappa shape index (κ3) is 4.81. The third-order valence-corrected chi connectivity index (χ3v) is 5.04. The van der Waals surface area contributed by atoms with E-state index in [4.69, 9.17) is 9.47 Å². The van der Waals surface area contributed by atoms with E-state index in [1.807, 2.05) is 30.3 Å². The molecule has 1 saturated carbocycles. The zero-order chi connectivity index (χ0) is 13.4. The Hall–Kier alpha value is -0.540. The molecule has 1 aromatic carbocycles. The van der Waals surface area contributed by atoms with Gasteiger partial charge in [-0.2, -0.15) is 0 Å². The van der Waals surface area contributed by atoms with Crippen LogP contribution >= 0.6 is 15.9 Å². The lowest BCUT2D eigenvalue weighted by molar-refractivity contribution is 0.0217. The number of benzene rings is 1.